The van der Waals surface area contributed by atoms with E-state index in [1.807, 2.05) is 6.07 Å². The van der Waals surface area contributed by atoms with E-state index in [0.717, 1.165) is 44.2 Å². The lowest BCUT2D eigenvalue weighted by atomic mass is 9.83. The Morgan fingerprint density at radius 3 is 1.97 bits per heavy atom. The minimum absolute atomic E-state index is 0.0114. The largest absolute Gasteiger partial charge is 0.456 e. The van der Waals surface area contributed by atoms with E-state index in [9.17, 15) is 0 Å². The summed E-state index contributed by atoms with van der Waals surface area (Å²) in [5.41, 5.74) is 8.69. The molecule has 170 valence electrons. The Balaban J connectivity index is 1.65. The molecule has 0 N–H and O–H groups in total. The van der Waals surface area contributed by atoms with E-state index in [0.29, 0.717) is 0 Å². The summed E-state index contributed by atoms with van der Waals surface area (Å²) >= 11 is 0. The Labute approximate surface area is 200 Å². The van der Waals surface area contributed by atoms with Crippen LogP contribution in [0.5, 0.6) is 0 Å². The van der Waals surface area contributed by atoms with Crippen molar-refractivity contribution in [2.24, 2.45) is 0 Å². The molecule has 34 heavy (non-hydrogen) atoms. The molecule has 0 aliphatic heterocycles. The summed E-state index contributed by atoms with van der Waals surface area (Å²) in [6.07, 6.45) is 0. The zero-order chi connectivity index (χ0) is 23.8. The first kappa shape index (κ1) is 21.0. The molecule has 0 spiro atoms. The van der Waals surface area contributed by atoms with Crippen LogP contribution < -0.4 is 0 Å². The number of furan rings is 2. The van der Waals surface area contributed by atoms with E-state index < -0.39 is 0 Å². The number of hydrogen-bond acceptors (Lipinski definition) is 2. The number of rotatable bonds is 1. The minimum atomic E-state index is 0.0114. The lowest BCUT2D eigenvalue weighted by molar-refractivity contribution is 0.590. The SMILES string of the molecule is CC(C)(C)c1ccc2oc3ccc(-c4ccc(C(C)(C)C)c5c4oc4ccccc45)cc3c2c1. The molecule has 0 atom stereocenters. The van der Waals surface area contributed by atoms with Gasteiger partial charge in [-0.2, -0.15) is 0 Å². The Hall–Kier alpha value is -3.52. The molecule has 0 aliphatic carbocycles. The molecule has 0 saturated heterocycles. The molecule has 0 fully saturated rings. The minimum Gasteiger partial charge on any atom is -0.456 e. The van der Waals surface area contributed by atoms with Crippen LogP contribution in [-0.2, 0) is 10.8 Å². The van der Waals surface area contributed by atoms with E-state index in [1.54, 1.807) is 0 Å². The molecule has 2 heterocycles. The molecule has 0 saturated carbocycles. The standard InChI is InChI=1S/C32H30O2/c1-31(2,3)20-12-16-28-24(18-20)23-17-19(11-15-27(23)33-28)21-13-14-25(32(4,5)6)29-22-9-7-8-10-26(22)34-30(21)29/h7-18H,1-6H3. The van der Waals surface area contributed by atoms with Crippen molar-refractivity contribution in [3.63, 3.8) is 0 Å². The quantitative estimate of drug-likeness (QED) is 0.251. The van der Waals surface area contributed by atoms with Gasteiger partial charge in [0.15, 0.2) is 0 Å². The van der Waals surface area contributed by atoms with Gasteiger partial charge >= 0.3 is 0 Å². The summed E-state index contributed by atoms with van der Waals surface area (Å²) in [5.74, 6) is 0. The molecule has 2 nitrogen and oxygen atoms in total. The maximum absolute atomic E-state index is 6.50. The zero-order valence-corrected chi connectivity index (χ0v) is 20.7. The Morgan fingerprint density at radius 1 is 0.559 bits per heavy atom. The van der Waals surface area contributed by atoms with Crippen LogP contribution in [0, 0.1) is 0 Å². The molecule has 0 bridgehead atoms. The maximum Gasteiger partial charge on any atom is 0.143 e. The van der Waals surface area contributed by atoms with Crippen LogP contribution in [0.2, 0.25) is 0 Å². The number of hydrogen-bond donors (Lipinski definition) is 0. The van der Waals surface area contributed by atoms with Gasteiger partial charge in [0, 0.05) is 27.1 Å². The van der Waals surface area contributed by atoms with Crippen LogP contribution in [0.15, 0.2) is 81.6 Å². The average molecular weight is 447 g/mol. The Bertz CT molecular complexity index is 1710. The molecule has 0 aliphatic rings. The molecule has 4 aromatic carbocycles. The van der Waals surface area contributed by atoms with Gasteiger partial charge in [0.1, 0.15) is 22.3 Å². The fourth-order valence-corrected chi connectivity index (χ4v) is 5.09. The number of para-hydroxylation sites is 1. The van der Waals surface area contributed by atoms with Crippen LogP contribution in [0.4, 0.5) is 0 Å². The molecular weight excluding hydrogens is 416 g/mol. The summed E-state index contributed by atoms with van der Waals surface area (Å²) in [7, 11) is 0. The topological polar surface area (TPSA) is 26.3 Å². The van der Waals surface area contributed by atoms with Crippen LogP contribution in [0.25, 0.3) is 55.0 Å². The summed E-state index contributed by atoms with van der Waals surface area (Å²) in [6, 6.07) is 25.9. The summed E-state index contributed by atoms with van der Waals surface area (Å²) in [4.78, 5) is 0. The predicted octanol–water partition coefficient (Wildman–Crippen LogP) is 9.75. The van der Waals surface area contributed by atoms with E-state index in [4.69, 9.17) is 8.83 Å². The average Bonchev–Trinajstić information content (AvgIpc) is 3.35. The highest BCUT2D eigenvalue weighted by atomic mass is 16.3. The maximum atomic E-state index is 6.50. The first-order chi connectivity index (χ1) is 16.1. The molecule has 0 amide bonds. The molecular formula is C32H30O2. The van der Waals surface area contributed by atoms with Gasteiger partial charge in [0.25, 0.3) is 0 Å². The monoisotopic (exact) mass is 446 g/mol. The lowest BCUT2D eigenvalue weighted by Crippen LogP contribution is -2.11. The van der Waals surface area contributed by atoms with Gasteiger partial charge in [0.2, 0.25) is 0 Å². The summed E-state index contributed by atoms with van der Waals surface area (Å²) < 4.78 is 12.7. The number of fused-ring (bicyclic) bond motifs is 6. The van der Waals surface area contributed by atoms with E-state index in [2.05, 4.69) is 108 Å². The van der Waals surface area contributed by atoms with Gasteiger partial charge in [-0.1, -0.05) is 84.0 Å². The third-order valence-corrected chi connectivity index (χ3v) is 6.98. The molecule has 2 heteroatoms. The highest BCUT2D eigenvalue weighted by molar-refractivity contribution is 6.13. The van der Waals surface area contributed by atoms with Crippen LogP contribution in [0.1, 0.15) is 52.7 Å². The molecule has 6 aromatic rings. The first-order valence-electron chi connectivity index (χ1n) is 12.0. The first-order valence-corrected chi connectivity index (χ1v) is 12.0. The molecule has 0 unspecified atom stereocenters. The van der Waals surface area contributed by atoms with E-state index in [-0.39, 0.29) is 10.8 Å². The van der Waals surface area contributed by atoms with Gasteiger partial charge in [-0.15, -0.1) is 0 Å². The summed E-state index contributed by atoms with van der Waals surface area (Å²) in [6.45, 7) is 13.5. The second-order valence-corrected chi connectivity index (χ2v) is 11.5. The van der Waals surface area contributed by atoms with Gasteiger partial charge in [-0.05, 0) is 57.9 Å². The zero-order valence-electron chi connectivity index (χ0n) is 20.7. The fraction of sp³-hybridized carbons (Fsp3) is 0.250. The third kappa shape index (κ3) is 3.16. The van der Waals surface area contributed by atoms with Crippen molar-refractivity contribution >= 4 is 43.9 Å². The third-order valence-electron chi connectivity index (χ3n) is 6.98. The van der Waals surface area contributed by atoms with Crippen molar-refractivity contribution in [2.75, 3.05) is 0 Å². The smallest absolute Gasteiger partial charge is 0.143 e. The van der Waals surface area contributed by atoms with E-state index in [1.165, 1.54) is 21.9 Å². The number of benzene rings is 4. The van der Waals surface area contributed by atoms with Crippen molar-refractivity contribution in [1.29, 1.82) is 0 Å². The van der Waals surface area contributed by atoms with E-state index >= 15 is 0 Å². The molecule has 6 rings (SSSR count). The van der Waals surface area contributed by atoms with Crippen molar-refractivity contribution in [3.05, 3.63) is 83.9 Å². The van der Waals surface area contributed by atoms with Gasteiger partial charge in [-0.3, -0.25) is 0 Å². The van der Waals surface area contributed by atoms with Crippen LogP contribution in [0.3, 0.4) is 0 Å². The Kier molecular flexibility index (Phi) is 4.33. The second-order valence-electron chi connectivity index (χ2n) is 11.5. The predicted molar refractivity (Wildman–Crippen MR) is 144 cm³/mol. The molecule has 2 aromatic heterocycles. The van der Waals surface area contributed by atoms with Crippen molar-refractivity contribution in [2.45, 2.75) is 52.4 Å². The second kappa shape index (κ2) is 6.99. The lowest BCUT2D eigenvalue weighted by Gasteiger charge is -2.21. The highest BCUT2D eigenvalue weighted by Crippen LogP contribution is 2.43. The summed E-state index contributed by atoms with van der Waals surface area (Å²) in [5, 5.41) is 4.70. The van der Waals surface area contributed by atoms with Gasteiger partial charge in [0.05, 0.1) is 0 Å². The van der Waals surface area contributed by atoms with Crippen LogP contribution >= 0.6 is 0 Å². The fourth-order valence-electron chi connectivity index (χ4n) is 5.09. The van der Waals surface area contributed by atoms with Crippen LogP contribution in [-0.4, -0.2) is 0 Å². The highest BCUT2D eigenvalue weighted by Gasteiger charge is 2.23. The van der Waals surface area contributed by atoms with Crippen molar-refractivity contribution in [3.8, 4) is 11.1 Å². The van der Waals surface area contributed by atoms with Gasteiger partial charge < -0.3 is 8.83 Å². The Morgan fingerprint density at radius 2 is 1.24 bits per heavy atom. The van der Waals surface area contributed by atoms with Crippen molar-refractivity contribution in [1.82, 2.24) is 0 Å². The van der Waals surface area contributed by atoms with Crippen molar-refractivity contribution < 1.29 is 8.83 Å². The van der Waals surface area contributed by atoms with Gasteiger partial charge in [-0.25, -0.2) is 0 Å². The molecule has 0 radical (unpaired) electrons. The normalized spacial score (nSPS) is 13.0.